The van der Waals surface area contributed by atoms with E-state index in [4.69, 9.17) is 9.47 Å². The molecular formula is C11H20N2O3S. The summed E-state index contributed by atoms with van der Waals surface area (Å²) in [5.41, 5.74) is -0.322. The van der Waals surface area contributed by atoms with Gasteiger partial charge in [-0.3, -0.25) is 4.79 Å². The Bertz CT molecular complexity index is 263. The zero-order valence-electron chi connectivity index (χ0n) is 10.2. The molecule has 2 aliphatic heterocycles. The standard InChI is InChI=1S/C11H20N2O3S/c1-15-11(2-4-16-8-11)7-13-10(14)9-6-17-5-3-12-9/h9,12H,2-8H2,1H3,(H,13,14). The van der Waals surface area contributed by atoms with Crippen LogP contribution in [0.3, 0.4) is 0 Å². The van der Waals surface area contributed by atoms with Crippen molar-refractivity contribution in [2.75, 3.05) is 44.9 Å². The molecule has 2 N–H and O–H groups in total. The Hall–Kier alpha value is -0.300. The third-order valence-corrected chi connectivity index (χ3v) is 4.38. The van der Waals surface area contributed by atoms with Gasteiger partial charge in [0.05, 0.1) is 12.6 Å². The van der Waals surface area contributed by atoms with Crippen molar-refractivity contribution >= 4 is 17.7 Å². The molecule has 6 heteroatoms. The molecule has 2 heterocycles. The minimum Gasteiger partial charge on any atom is -0.378 e. The van der Waals surface area contributed by atoms with E-state index >= 15 is 0 Å². The molecule has 0 radical (unpaired) electrons. The molecule has 0 aromatic heterocycles. The third-order valence-electron chi connectivity index (χ3n) is 3.32. The van der Waals surface area contributed by atoms with Crippen molar-refractivity contribution in [3.05, 3.63) is 0 Å². The van der Waals surface area contributed by atoms with Crippen molar-refractivity contribution < 1.29 is 14.3 Å². The number of ether oxygens (including phenoxy) is 2. The number of hydrogen-bond donors (Lipinski definition) is 2. The van der Waals surface area contributed by atoms with Crippen LogP contribution in [-0.4, -0.2) is 62.5 Å². The molecule has 2 aliphatic rings. The lowest BCUT2D eigenvalue weighted by molar-refractivity contribution is -0.124. The molecule has 0 aliphatic carbocycles. The topological polar surface area (TPSA) is 59.6 Å². The zero-order valence-corrected chi connectivity index (χ0v) is 11.0. The number of thioether (sulfide) groups is 1. The van der Waals surface area contributed by atoms with Gasteiger partial charge in [0.15, 0.2) is 0 Å². The van der Waals surface area contributed by atoms with Crippen LogP contribution in [-0.2, 0) is 14.3 Å². The van der Waals surface area contributed by atoms with Crippen LogP contribution in [0.15, 0.2) is 0 Å². The lowest BCUT2D eigenvalue weighted by Gasteiger charge is -2.28. The molecule has 0 spiro atoms. The Morgan fingerprint density at radius 2 is 2.59 bits per heavy atom. The van der Waals surface area contributed by atoms with Gasteiger partial charge in [-0.15, -0.1) is 0 Å². The molecule has 2 rings (SSSR count). The quantitative estimate of drug-likeness (QED) is 0.721. The van der Waals surface area contributed by atoms with Crippen molar-refractivity contribution in [1.29, 1.82) is 0 Å². The van der Waals surface area contributed by atoms with Gasteiger partial charge >= 0.3 is 0 Å². The molecular weight excluding hydrogens is 240 g/mol. The highest BCUT2D eigenvalue weighted by Crippen LogP contribution is 2.21. The second-order valence-corrected chi connectivity index (χ2v) is 5.64. The van der Waals surface area contributed by atoms with Crippen molar-refractivity contribution in [1.82, 2.24) is 10.6 Å². The molecule has 2 atom stereocenters. The van der Waals surface area contributed by atoms with Crippen LogP contribution in [0.1, 0.15) is 6.42 Å². The van der Waals surface area contributed by atoms with E-state index in [1.54, 1.807) is 7.11 Å². The maximum absolute atomic E-state index is 11.9. The summed E-state index contributed by atoms with van der Waals surface area (Å²) in [6, 6.07) is -0.0648. The lowest BCUT2D eigenvalue weighted by atomic mass is 10.0. The van der Waals surface area contributed by atoms with Crippen LogP contribution in [0.5, 0.6) is 0 Å². The van der Waals surface area contributed by atoms with E-state index in [9.17, 15) is 4.79 Å². The fourth-order valence-electron chi connectivity index (χ4n) is 2.07. The van der Waals surface area contributed by atoms with Gasteiger partial charge in [-0.1, -0.05) is 0 Å². The number of nitrogens with one attached hydrogen (secondary N) is 2. The monoisotopic (exact) mass is 260 g/mol. The molecule has 0 aromatic rings. The highest BCUT2D eigenvalue weighted by molar-refractivity contribution is 7.99. The number of amides is 1. The van der Waals surface area contributed by atoms with Crippen LogP contribution < -0.4 is 10.6 Å². The van der Waals surface area contributed by atoms with Crippen molar-refractivity contribution in [2.24, 2.45) is 0 Å². The van der Waals surface area contributed by atoms with E-state index in [1.165, 1.54) is 0 Å². The van der Waals surface area contributed by atoms with Crippen LogP contribution in [0.4, 0.5) is 0 Å². The second kappa shape index (κ2) is 6.04. The predicted octanol–water partition coefficient (Wildman–Crippen LogP) is -0.387. The van der Waals surface area contributed by atoms with Crippen molar-refractivity contribution in [3.63, 3.8) is 0 Å². The second-order valence-electron chi connectivity index (χ2n) is 4.49. The highest BCUT2D eigenvalue weighted by Gasteiger charge is 2.35. The van der Waals surface area contributed by atoms with E-state index in [-0.39, 0.29) is 17.6 Å². The molecule has 2 saturated heterocycles. The summed E-state index contributed by atoms with van der Waals surface area (Å²) in [5, 5.41) is 6.19. The normalized spacial score (nSPS) is 33.6. The molecule has 98 valence electrons. The molecule has 17 heavy (non-hydrogen) atoms. The third kappa shape index (κ3) is 3.34. The minimum atomic E-state index is -0.322. The largest absolute Gasteiger partial charge is 0.378 e. The summed E-state index contributed by atoms with van der Waals surface area (Å²) in [7, 11) is 1.68. The van der Waals surface area contributed by atoms with E-state index < -0.39 is 0 Å². The Labute approximate surface area is 106 Å². The Balaban J connectivity index is 1.78. The molecule has 1 amide bonds. The molecule has 2 unspecified atom stereocenters. The highest BCUT2D eigenvalue weighted by atomic mass is 32.2. The Kier molecular flexibility index (Phi) is 4.67. The lowest BCUT2D eigenvalue weighted by Crippen LogP contribution is -2.53. The van der Waals surface area contributed by atoms with Crippen molar-refractivity contribution in [3.8, 4) is 0 Å². The Morgan fingerprint density at radius 1 is 1.71 bits per heavy atom. The predicted molar refractivity (Wildman–Crippen MR) is 67.3 cm³/mol. The van der Waals surface area contributed by atoms with Crippen molar-refractivity contribution in [2.45, 2.75) is 18.1 Å². The first-order valence-electron chi connectivity index (χ1n) is 5.97. The number of hydrogen-bond acceptors (Lipinski definition) is 5. The molecule has 2 fully saturated rings. The minimum absolute atomic E-state index is 0.0648. The molecule has 0 saturated carbocycles. The number of carbonyl (C=O) groups is 1. The van der Waals surface area contributed by atoms with Crippen LogP contribution in [0, 0.1) is 0 Å². The number of rotatable bonds is 4. The van der Waals surface area contributed by atoms with Gasteiger partial charge in [-0.05, 0) is 0 Å². The smallest absolute Gasteiger partial charge is 0.238 e. The fraction of sp³-hybridized carbons (Fsp3) is 0.909. The van der Waals surface area contributed by atoms with E-state index in [0.717, 1.165) is 24.5 Å². The fourth-order valence-corrected chi connectivity index (χ4v) is 3.00. The summed E-state index contributed by atoms with van der Waals surface area (Å²) >= 11 is 1.82. The summed E-state index contributed by atoms with van der Waals surface area (Å²) in [6.07, 6.45) is 0.844. The van der Waals surface area contributed by atoms with Crippen LogP contribution in [0.2, 0.25) is 0 Å². The molecule has 0 aromatic carbocycles. The van der Waals surface area contributed by atoms with Gasteiger partial charge in [-0.2, -0.15) is 11.8 Å². The van der Waals surface area contributed by atoms with Crippen LogP contribution in [0.25, 0.3) is 0 Å². The first-order chi connectivity index (χ1) is 8.26. The van der Waals surface area contributed by atoms with Gasteiger partial charge in [0.2, 0.25) is 5.91 Å². The van der Waals surface area contributed by atoms with E-state index in [0.29, 0.717) is 19.8 Å². The zero-order chi connectivity index (χ0) is 12.1. The average Bonchev–Trinajstić information content (AvgIpc) is 2.86. The van der Waals surface area contributed by atoms with E-state index in [1.807, 2.05) is 11.8 Å². The maximum Gasteiger partial charge on any atom is 0.238 e. The van der Waals surface area contributed by atoms with Gasteiger partial charge < -0.3 is 20.1 Å². The first-order valence-corrected chi connectivity index (χ1v) is 7.13. The van der Waals surface area contributed by atoms with Gasteiger partial charge in [0.1, 0.15) is 5.60 Å². The summed E-state index contributed by atoms with van der Waals surface area (Å²) in [5.74, 6) is 2.00. The van der Waals surface area contributed by atoms with E-state index in [2.05, 4.69) is 10.6 Å². The molecule has 5 nitrogen and oxygen atoms in total. The van der Waals surface area contributed by atoms with Gasteiger partial charge in [0, 0.05) is 44.7 Å². The summed E-state index contributed by atoms with van der Waals surface area (Å²) < 4.78 is 10.8. The van der Waals surface area contributed by atoms with Gasteiger partial charge in [-0.25, -0.2) is 0 Å². The summed E-state index contributed by atoms with van der Waals surface area (Å²) in [6.45, 7) is 2.71. The average molecular weight is 260 g/mol. The van der Waals surface area contributed by atoms with Gasteiger partial charge in [0.25, 0.3) is 0 Å². The number of carbonyl (C=O) groups excluding carboxylic acids is 1. The Morgan fingerprint density at radius 3 is 3.18 bits per heavy atom. The van der Waals surface area contributed by atoms with Crippen LogP contribution >= 0.6 is 11.8 Å². The molecule has 0 bridgehead atoms. The first kappa shape index (κ1) is 13.1. The number of methoxy groups -OCH3 is 1. The maximum atomic E-state index is 11.9. The summed E-state index contributed by atoms with van der Waals surface area (Å²) in [4.78, 5) is 11.9. The SMILES string of the molecule is COC1(CNC(=O)C2CSCCN2)CCOC1.